The number of rotatable bonds is 4. The largest absolute Gasteiger partial charge is 0.331 e. The lowest BCUT2D eigenvalue weighted by atomic mass is 10.1. The van der Waals surface area contributed by atoms with E-state index in [-0.39, 0.29) is 0 Å². The maximum Gasteiger partial charge on any atom is 0.175 e. The molecule has 0 saturated heterocycles. The Hall–Kier alpha value is -2.08. The third-order valence-electron chi connectivity index (χ3n) is 3.66. The van der Waals surface area contributed by atoms with Crippen molar-refractivity contribution >= 4 is 51.9 Å². The van der Waals surface area contributed by atoms with Crippen LogP contribution in [0.15, 0.2) is 54.9 Å². The SMILES string of the molecule is Cc1ccccc1Cn1cc(NC(=S)Nc2ccc(Cl)cc2Cl)cn1. The summed E-state index contributed by atoms with van der Waals surface area (Å²) in [6.07, 6.45) is 3.64. The van der Waals surface area contributed by atoms with Gasteiger partial charge in [-0.15, -0.1) is 0 Å². The quantitative estimate of drug-likeness (QED) is 0.588. The van der Waals surface area contributed by atoms with Crippen molar-refractivity contribution in [1.82, 2.24) is 9.78 Å². The van der Waals surface area contributed by atoms with Crippen molar-refractivity contribution in [1.29, 1.82) is 0 Å². The van der Waals surface area contributed by atoms with Crippen LogP contribution >= 0.6 is 35.4 Å². The van der Waals surface area contributed by atoms with Gasteiger partial charge in [0, 0.05) is 11.2 Å². The van der Waals surface area contributed by atoms with Gasteiger partial charge in [0.25, 0.3) is 0 Å². The van der Waals surface area contributed by atoms with Gasteiger partial charge in [0.05, 0.1) is 29.1 Å². The lowest BCUT2D eigenvalue weighted by Gasteiger charge is -2.10. The summed E-state index contributed by atoms with van der Waals surface area (Å²) in [5, 5.41) is 12.0. The molecule has 25 heavy (non-hydrogen) atoms. The molecule has 0 bridgehead atoms. The molecule has 0 unspecified atom stereocenters. The van der Waals surface area contributed by atoms with E-state index in [4.69, 9.17) is 35.4 Å². The summed E-state index contributed by atoms with van der Waals surface area (Å²) in [7, 11) is 0. The monoisotopic (exact) mass is 390 g/mol. The molecule has 128 valence electrons. The van der Waals surface area contributed by atoms with Gasteiger partial charge < -0.3 is 10.6 Å². The summed E-state index contributed by atoms with van der Waals surface area (Å²) >= 11 is 17.3. The van der Waals surface area contributed by atoms with Gasteiger partial charge in [0.1, 0.15) is 0 Å². The first-order valence-electron chi connectivity index (χ1n) is 7.61. The minimum absolute atomic E-state index is 0.430. The van der Waals surface area contributed by atoms with Crippen LogP contribution in [0.2, 0.25) is 10.0 Å². The minimum Gasteiger partial charge on any atom is -0.331 e. The molecule has 2 N–H and O–H groups in total. The van der Waals surface area contributed by atoms with Crippen LogP contribution in [-0.2, 0) is 6.54 Å². The number of hydrogen-bond donors (Lipinski definition) is 2. The van der Waals surface area contributed by atoms with Crippen molar-refractivity contribution in [2.24, 2.45) is 0 Å². The van der Waals surface area contributed by atoms with Gasteiger partial charge in [-0.1, -0.05) is 47.5 Å². The van der Waals surface area contributed by atoms with Crippen molar-refractivity contribution in [3.8, 4) is 0 Å². The van der Waals surface area contributed by atoms with Crippen LogP contribution < -0.4 is 10.6 Å². The fourth-order valence-electron chi connectivity index (χ4n) is 2.35. The molecule has 1 aromatic heterocycles. The molecule has 4 nitrogen and oxygen atoms in total. The second-order valence-corrected chi connectivity index (χ2v) is 6.81. The first kappa shape index (κ1) is 17.7. The number of nitrogens with one attached hydrogen (secondary N) is 2. The highest BCUT2D eigenvalue weighted by molar-refractivity contribution is 7.80. The summed E-state index contributed by atoms with van der Waals surface area (Å²) in [6, 6.07) is 13.4. The number of thiocarbonyl (C=S) groups is 1. The van der Waals surface area contributed by atoms with E-state index in [1.165, 1.54) is 11.1 Å². The molecule has 3 rings (SSSR count). The number of hydrogen-bond acceptors (Lipinski definition) is 2. The standard InChI is InChI=1S/C18H16Cl2N4S/c1-12-4-2-3-5-13(12)10-24-11-15(9-21-24)22-18(25)23-17-7-6-14(19)8-16(17)20/h2-9,11H,10H2,1H3,(H2,22,23,25). The predicted molar refractivity (Wildman–Crippen MR) is 109 cm³/mol. The Kier molecular flexibility index (Phi) is 5.58. The molecule has 0 saturated carbocycles. The third kappa shape index (κ3) is 4.72. The van der Waals surface area contributed by atoms with Crippen LogP contribution in [0, 0.1) is 6.92 Å². The number of anilines is 2. The van der Waals surface area contributed by atoms with E-state index >= 15 is 0 Å². The number of nitrogens with zero attached hydrogens (tertiary/aromatic N) is 2. The lowest BCUT2D eigenvalue weighted by Crippen LogP contribution is -2.19. The van der Waals surface area contributed by atoms with E-state index in [9.17, 15) is 0 Å². The maximum atomic E-state index is 6.13. The molecule has 0 atom stereocenters. The van der Waals surface area contributed by atoms with Crippen LogP contribution in [-0.4, -0.2) is 14.9 Å². The third-order valence-corrected chi connectivity index (χ3v) is 4.42. The van der Waals surface area contributed by atoms with Gasteiger partial charge in [-0.3, -0.25) is 4.68 Å². The Morgan fingerprint density at radius 1 is 1.16 bits per heavy atom. The smallest absolute Gasteiger partial charge is 0.175 e. The van der Waals surface area contributed by atoms with Gasteiger partial charge >= 0.3 is 0 Å². The number of benzene rings is 2. The van der Waals surface area contributed by atoms with E-state index in [0.29, 0.717) is 27.4 Å². The Morgan fingerprint density at radius 2 is 1.96 bits per heavy atom. The summed E-state index contributed by atoms with van der Waals surface area (Å²) < 4.78 is 1.86. The van der Waals surface area contributed by atoms with Gasteiger partial charge in [-0.05, 0) is 48.5 Å². The molecule has 3 aromatic rings. The molecule has 0 fully saturated rings. The number of aryl methyl sites for hydroxylation is 1. The normalized spacial score (nSPS) is 10.5. The maximum absolute atomic E-state index is 6.13. The number of halogens is 2. The molecule has 0 radical (unpaired) electrons. The molecule has 0 aliphatic carbocycles. The van der Waals surface area contributed by atoms with Gasteiger partial charge in [0.2, 0.25) is 0 Å². The molecule has 0 spiro atoms. The molecule has 0 aliphatic rings. The van der Waals surface area contributed by atoms with Crippen LogP contribution in [0.5, 0.6) is 0 Å². The highest BCUT2D eigenvalue weighted by Gasteiger charge is 2.06. The van der Waals surface area contributed by atoms with E-state index in [1.807, 2.05) is 23.0 Å². The van der Waals surface area contributed by atoms with Crippen molar-refractivity contribution in [2.45, 2.75) is 13.5 Å². The Morgan fingerprint density at radius 3 is 2.72 bits per heavy atom. The van der Waals surface area contributed by atoms with Crippen molar-refractivity contribution in [3.63, 3.8) is 0 Å². The van der Waals surface area contributed by atoms with Crippen molar-refractivity contribution in [3.05, 3.63) is 76.0 Å². The van der Waals surface area contributed by atoms with E-state index < -0.39 is 0 Å². The molecular formula is C18H16Cl2N4S. The molecule has 0 amide bonds. The first-order chi connectivity index (χ1) is 12.0. The molecule has 1 heterocycles. The molecule has 7 heteroatoms. The highest BCUT2D eigenvalue weighted by Crippen LogP contribution is 2.25. The second kappa shape index (κ2) is 7.87. The topological polar surface area (TPSA) is 41.9 Å². The van der Waals surface area contributed by atoms with E-state index in [0.717, 1.165) is 5.69 Å². The van der Waals surface area contributed by atoms with E-state index in [2.05, 4.69) is 34.8 Å². The second-order valence-electron chi connectivity index (χ2n) is 5.56. The van der Waals surface area contributed by atoms with Crippen LogP contribution in [0.4, 0.5) is 11.4 Å². The van der Waals surface area contributed by atoms with Gasteiger partial charge in [-0.25, -0.2) is 0 Å². The molecule has 0 aliphatic heterocycles. The molecular weight excluding hydrogens is 375 g/mol. The summed E-state index contributed by atoms with van der Waals surface area (Å²) in [6.45, 7) is 2.80. The summed E-state index contributed by atoms with van der Waals surface area (Å²) in [5.41, 5.74) is 3.96. The minimum atomic E-state index is 0.430. The highest BCUT2D eigenvalue weighted by atomic mass is 35.5. The van der Waals surface area contributed by atoms with Gasteiger partial charge in [-0.2, -0.15) is 5.10 Å². The lowest BCUT2D eigenvalue weighted by molar-refractivity contribution is 0.684. The zero-order valence-electron chi connectivity index (χ0n) is 13.5. The summed E-state index contributed by atoms with van der Waals surface area (Å²) in [5.74, 6) is 0. The van der Waals surface area contributed by atoms with Crippen molar-refractivity contribution in [2.75, 3.05) is 10.6 Å². The average Bonchev–Trinajstić information content (AvgIpc) is 2.99. The zero-order valence-corrected chi connectivity index (χ0v) is 15.8. The van der Waals surface area contributed by atoms with Crippen LogP contribution in [0.25, 0.3) is 0 Å². The Bertz CT molecular complexity index is 908. The van der Waals surface area contributed by atoms with Crippen LogP contribution in [0.3, 0.4) is 0 Å². The zero-order chi connectivity index (χ0) is 17.8. The Balaban J connectivity index is 1.63. The predicted octanol–water partition coefficient (Wildman–Crippen LogP) is 5.36. The summed E-state index contributed by atoms with van der Waals surface area (Å²) in [4.78, 5) is 0. The number of aromatic nitrogens is 2. The average molecular weight is 391 g/mol. The van der Waals surface area contributed by atoms with E-state index in [1.54, 1.807) is 24.4 Å². The fourth-order valence-corrected chi connectivity index (χ4v) is 3.04. The van der Waals surface area contributed by atoms with Crippen molar-refractivity contribution < 1.29 is 0 Å². The van der Waals surface area contributed by atoms with Crippen LogP contribution in [0.1, 0.15) is 11.1 Å². The molecule has 2 aromatic carbocycles. The Labute approximate surface area is 161 Å². The fraction of sp³-hybridized carbons (Fsp3) is 0.111. The van der Waals surface area contributed by atoms with Gasteiger partial charge in [0.15, 0.2) is 5.11 Å². The first-order valence-corrected chi connectivity index (χ1v) is 8.78.